The van der Waals surface area contributed by atoms with E-state index < -0.39 is 27.9 Å². The molecule has 1 unspecified atom stereocenters. The van der Waals surface area contributed by atoms with Gasteiger partial charge in [0.25, 0.3) is 15.9 Å². The number of aromatic carboxylic acids is 1. The second-order valence-corrected chi connectivity index (χ2v) is 7.13. The lowest BCUT2D eigenvalue weighted by Crippen LogP contribution is -2.42. The number of carbonyl (C=O) groups is 2. The molecule has 1 aromatic rings. The second-order valence-electron chi connectivity index (χ2n) is 5.34. The summed E-state index contributed by atoms with van der Waals surface area (Å²) < 4.78 is 26.1. The number of carboxylic acid groups (broad SMARTS) is 1. The van der Waals surface area contributed by atoms with Gasteiger partial charge in [-0.25, -0.2) is 17.5 Å². The Kier molecular flexibility index (Phi) is 3.79. The van der Waals surface area contributed by atoms with Crippen molar-refractivity contribution in [1.82, 2.24) is 4.31 Å². The van der Waals surface area contributed by atoms with Crippen molar-refractivity contribution in [3.8, 4) is 0 Å². The molecule has 0 saturated carbocycles. The minimum absolute atomic E-state index is 0.0259. The summed E-state index contributed by atoms with van der Waals surface area (Å²) >= 11 is 0. The summed E-state index contributed by atoms with van der Waals surface area (Å²) in [6.07, 6.45) is 0.502. The molecule has 1 aromatic carbocycles. The SMILES string of the molecule is CCC(C(C)C)N1C(=O)c2ccc(C(=O)O)cc2S1(=O)=O. The van der Waals surface area contributed by atoms with Gasteiger partial charge in [-0.2, -0.15) is 0 Å². The molecule has 1 N–H and O–H groups in total. The van der Waals surface area contributed by atoms with E-state index in [1.165, 1.54) is 12.1 Å². The molecule has 1 aliphatic rings. The zero-order valence-corrected chi connectivity index (χ0v) is 12.8. The van der Waals surface area contributed by atoms with E-state index in [0.29, 0.717) is 6.42 Å². The summed E-state index contributed by atoms with van der Waals surface area (Å²) in [5, 5.41) is 8.97. The predicted octanol–water partition coefficient (Wildman–Crippen LogP) is 1.96. The molecule has 2 rings (SSSR count). The smallest absolute Gasteiger partial charge is 0.335 e. The van der Waals surface area contributed by atoms with E-state index in [0.717, 1.165) is 10.4 Å². The molecular weight excluding hydrogens is 294 g/mol. The molecule has 0 bridgehead atoms. The number of carboxylic acids is 1. The lowest BCUT2D eigenvalue weighted by molar-refractivity contribution is 0.0695. The molecule has 0 aromatic heterocycles. The average molecular weight is 311 g/mol. The summed E-state index contributed by atoms with van der Waals surface area (Å²) in [7, 11) is -3.99. The van der Waals surface area contributed by atoms with Crippen LogP contribution in [0.4, 0.5) is 0 Å². The molecule has 0 spiro atoms. The lowest BCUT2D eigenvalue weighted by Gasteiger charge is -2.28. The third kappa shape index (κ3) is 2.31. The highest BCUT2D eigenvalue weighted by Crippen LogP contribution is 2.35. The third-order valence-corrected chi connectivity index (χ3v) is 5.53. The van der Waals surface area contributed by atoms with Crippen LogP contribution in [0, 0.1) is 5.92 Å². The van der Waals surface area contributed by atoms with Gasteiger partial charge in [0.1, 0.15) is 4.90 Å². The number of benzene rings is 1. The molecule has 6 nitrogen and oxygen atoms in total. The Morgan fingerprint density at radius 3 is 2.43 bits per heavy atom. The van der Waals surface area contributed by atoms with E-state index in [4.69, 9.17) is 5.11 Å². The van der Waals surface area contributed by atoms with Crippen LogP contribution in [-0.2, 0) is 10.0 Å². The normalized spacial score (nSPS) is 17.9. The minimum Gasteiger partial charge on any atom is -0.478 e. The fourth-order valence-electron chi connectivity index (χ4n) is 2.62. The van der Waals surface area contributed by atoms with Gasteiger partial charge >= 0.3 is 5.97 Å². The lowest BCUT2D eigenvalue weighted by atomic mass is 10.0. The number of sulfonamides is 1. The average Bonchev–Trinajstić information content (AvgIpc) is 2.60. The molecule has 1 aliphatic heterocycles. The number of carbonyl (C=O) groups excluding carboxylic acids is 1. The zero-order valence-electron chi connectivity index (χ0n) is 12.0. The van der Waals surface area contributed by atoms with Crippen molar-refractivity contribution < 1.29 is 23.1 Å². The molecule has 7 heteroatoms. The monoisotopic (exact) mass is 311 g/mol. The van der Waals surface area contributed by atoms with E-state index in [1.807, 2.05) is 20.8 Å². The molecule has 0 aliphatic carbocycles. The Bertz CT molecular complexity index is 708. The van der Waals surface area contributed by atoms with Crippen molar-refractivity contribution in [3.63, 3.8) is 0 Å². The van der Waals surface area contributed by atoms with Gasteiger partial charge in [-0.15, -0.1) is 0 Å². The van der Waals surface area contributed by atoms with Crippen molar-refractivity contribution in [3.05, 3.63) is 29.3 Å². The maximum Gasteiger partial charge on any atom is 0.335 e. The topological polar surface area (TPSA) is 91.8 Å². The molecule has 114 valence electrons. The number of fused-ring (bicyclic) bond motifs is 1. The van der Waals surface area contributed by atoms with Crippen molar-refractivity contribution in [2.45, 2.75) is 38.1 Å². The minimum atomic E-state index is -3.99. The standard InChI is InChI=1S/C14H17NO5S/c1-4-11(8(2)3)15-13(16)10-6-5-9(14(17)18)7-12(10)21(15,19)20/h5-8,11H,4H2,1-3H3,(H,17,18). The third-order valence-electron chi connectivity index (χ3n) is 3.69. The Morgan fingerprint density at radius 1 is 1.33 bits per heavy atom. The fourth-order valence-corrected chi connectivity index (χ4v) is 4.60. The van der Waals surface area contributed by atoms with Gasteiger partial charge in [-0.05, 0) is 30.5 Å². The number of rotatable bonds is 4. The van der Waals surface area contributed by atoms with Crippen LogP contribution in [0.1, 0.15) is 47.9 Å². The van der Waals surface area contributed by atoms with Crippen LogP contribution in [-0.4, -0.2) is 35.7 Å². The molecule has 0 radical (unpaired) electrons. The summed E-state index contributed by atoms with van der Waals surface area (Å²) in [5.41, 5.74) is -0.108. The van der Waals surface area contributed by atoms with Crippen molar-refractivity contribution >= 4 is 21.9 Å². The van der Waals surface area contributed by atoms with Gasteiger partial charge < -0.3 is 5.11 Å². The Hall–Kier alpha value is -1.89. The number of hydrogen-bond donors (Lipinski definition) is 1. The van der Waals surface area contributed by atoms with Crippen molar-refractivity contribution in [2.75, 3.05) is 0 Å². The van der Waals surface area contributed by atoms with Crippen LogP contribution in [0.5, 0.6) is 0 Å². The summed E-state index contributed by atoms with van der Waals surface area (Å²) in [6.45, 7) is 5.52. The molecule has 0 saturated heterocycles. The molecule has 1 heterocycles. The Labute approximate surface area is 123 Å². The highest BCUT2D eigenvalue weighted by Gasteiger charge is 2.45. The number of hydrogen-bond acceptors (Lipinski definition) is 4. The van der Waals surface area contributed by atoms with E-state index in [-0.39, 0.29) is 21.9 Å². The summed E-state index contributed by atoms with van der Waals surface area (Å²) in [6, 6.07) is 3.13. The quantitative estimate of drug-likeness (QED) is 0.917. The van der Waals surface area contributed by atoms with Gasteiger partial charge in [-0.3, -0.25) is 4.79 Å². The fraction of sp³-hybridized carbons (Fsp3) is 0.429. The van der Waals surface area contributed by atoms with Crippen LogP contribution in [0.2, 0.25) is 0 Å². The van der Waals surface area contributed by atoms with Crippen molar-refractivity contribution in [1.29, 1.82) is 0 Å². The molecule has 1 atom stereocenters. The molecule has 1 amide bonds. The predicted molar refractivity (Wildman–Crippen MR) is 75.7 cm³/mol. The largest absolute Gasteiger partial charge is 0.478 e. The first-order valence-electron chi connectivity index (χ1n) is 6.68. The Balaban J connectivity index is 2.62. The van der Waals surface area contributed by atoms with E-state index >= 15 is 0 Å². The first-order chi connectivity index (χ1) is 9.71. The van der Waals surface area contributed by atoms with Gasteiger partial charge in [0.15, 0.2) is 0 Å². The first-order valence-corrected chi connectivity index (χ1v) is 8.12. The first kappa shape index (κ1) is 15.5. The van der Waals surface area contributed by atoms with Crippen LogP contribution in [0.15, 0.2) is 23.1 Å². The zero-order chi connectivity index (χ0) is 15.9. The highest BCUT2D eigenvalue weighted by atomic mass is 32.2. The molecule has 0 fully saturated rings. The van der Waals surface area contributed by atoms with Crippen LogP contribution >= 0.6 is 0 Å². The number of nitrogens with zero attached hydrogens (tertiary/aromatic N) is 1. The summed E-state index contributed by atoms with van der Waals surface area (Å²) in [4.78, 5) is 23.2. The Morgan fingerprint density at radius 2 is 1.95 bits per heavy atom. The molecule has 21 heavy (non-hydrogen) atoms. The van der Waals surface area contributed by atoms with E-state index in [1.54, 1.807) is 0 Å². The number of amides is 1. The maximum absolute atomic E-state index is 12.6. The van der Waals surface area contributed by atoms with Crippen LogP contribution < -0.4 is 0 Å². The maximum atomic E-state index is 12.6. The van der Waals surface area contributed by atoms with Crippen molar-refractivity contribution in [2.24, 2.45) is 5.92 Å². The van der Waals surface area contributed by atoms with Crippen LogP contribution in [0.3, 0.4) is 0 Å². The van der Waals surface area contributed by atoms with Crippen LogP contribution in [0.25, 0.3) is 0 Å². The highest BCUT2D eigenvalue weighted by molar-refractivity contribution is 7.90. The molecular formula is C14H17NO5S. The van der Waals surface area contributed by atoms with Gasteiger partial charge in [0, 0.05) is 0 Å². The van der Waals surface area contributed by atoms with E-state index in [9.17, 15) is 18.0 Å². The van der Waals surface area contributed by atoms with Gasteiger partial charge in [0.2, 0.25) is 0 Å². The van der Waals surface area contributed by atoms with Gasteiger partial charge in [0.05, 0.1) is 17.2 Å². The van der Waals surface area contributed by atoms with E-state index in [2.05, 4.69) is 0 Å². The summed E-state index contributed by atoms with van der Waals surface area (Å²) in [5.74, 6) is -1.83. The second kappa shape index (κ2) is 5.14. The van der Waals surface area contributed by atoms with Gasteiger partial charge in [-0.1, -0.05) is 20.8 Å².